The number of aliphatic hydroxyl groups is 2. The highest BCUT2D eigenvalue weighted by molar-refractivity contribution is 5.76. The molecule has 1 amide bonds. The molecular weight excluding hydrogens is 767 g/mol. The fourth-order valence-corrected chi connectivity index (χ4v) is 8.45. The van der Waals surface area contributed by atoms with E-state index in [0.29, 0.717) is 19.4 Å². The summed E-state index contributed by atoms with van der Waals surface area (Å²) in [5.74, 6) is -0.0682. The molecule has 0 spiro atoms. The van der Waals surface area contributed by atoms with Gasteiger partial charge in [0.2, 0.25) is 5.91 Å². The van der Waals surface area contributed by atoms with E-state index < -0.39 is 12.1 Å². The summed E-state index contributed by atoms with van der Waals surface area (Å²) < 4.78 is 5.47. The minimum atomic E-state index is -0.843. The molecule has 0 saturated carbocycles. The Morgan fingerprint density at radius 1 is 0.435 bits per heavy atom. The Morgan fingerprint density at radius 2 is 0.758 bits per heavy atom. The van der Waals surface area contributed by atoms with Crippen molar-refractivity contribution in [3.8, 4) is 0 Å². The van der Waals surface area contributed by atoms with Gasteiger partial charge in [-0.05, 0) is 57.8 Å². The number of nitrogens with one attached hydrogen (secondary N) is 1. The van der Waals surface area contributed by atoms with Crippen LogP contribution in [0.1, 0.15) is 296 Å². The molecule has 2 unspecified atom stereocenters. The normalized spacial score (nSPS) is 12.8. The Hall–Kier alpha value is -1.66. The zero-order valence-electron chi connectivity index (χ0n) is 41.6. The highest BCUT2D eigenvalue weighted by Crippen LogP contribution is 2.17. The number of ether oxygens (including phenoxy) is 1. The van der Waals surface area contributed by atoms with Crippen LogP contribution in [0.4, 0.5) is 0 Å². The lowest BCUT2D eigenvalue weighted by atomic mass is 10.0. The molecule has 2 atom stereocenters. The summed E-state index contributed by atoms with van der Waals surface area (Å²) in [5.41, 5.74) is 0. The number of amides is 1. The number of aliphatic hydroxyl groups excluding tert-OH is 2. The maximum Gasteiger partial charge on any atom is 0.305 e. The summed E-state index contributed by atoms with van der Waals surface area (Å²) in [6.45, 7) is 4.87. The molecular formula is C56H107NO5. The first-order valence-electron chi connectivity index (χ1n) is 27.6. The number of hydrogen-bond acceptors (Lipinski definition) is 5. The quantitative estimate of drug-likeness (QED) is 0.0321. The second kappa shape index (κ2) is 52.0. The van der Waals surface area contributed by atoms with Crippen molar-refractivity contribution in [3.05, 3.63) is 24.3 Å². The molecule has 0 aromatic rings. The van der Waals surface area contributed by atoms with Crippen molar-refractivity contribution in [2.75, 3.05) is 13.2 Å². The largest absolute Gasteiger partial charge is 0.466 e. The van der Waals surface area contributed by atoms with Gasteiger partial charge in [-0.15, -0.1) is 0 Å². The molecule has 6 heteroatoms. The van der Waals surface area contributed by atoms with Gasteiger partial charge >= 0.3 is 5.97 Å². The van der Waals surface area contributed by atoms with Gasteiger partial charge in [0.15, 0.2) is 0 Å². The first-order valence-corrected chi connectivity index (χ1v) is 27.6. The Morgan fingerprint density at radius 3 is 1.15 bits per heavy atom. The fourth-order valence-electron chi connectivity index (χ4n) is 8.45. The zero-order chi connectivity index (χ0) is 45.1. The lowest BCUT2D eigenvalue weighted by Crippen LogP contribution is -2.45. The molecule has 366 valence electrons. The van der Waals surface area contributed by atoms with E-state index in [0.717, 1.165) is 44.9 Å². The van der Waals surface area contributed by atoms with Crippen LogP contribution in [-0.4, -0.2) is 47.4 Å². The van der Waals surface area contributed by atoms with Crippen LogP contribution in [0.3, 0.4) is 0 Å². The van der Waals surface area contributed by atoms with Crippen molar-refractivity contribution >= 4 is 11.9 Å². The van der Waals surface area contributed by atoms with Gasteiger partial charge in [0.25, 0.3) is 0 Å². The smallest absolute Gasteiger partial charge is 0.305 e. The van der Waals surface area contributed by atoms with Crippen molar-refractivity contribution in [3.63, 3.8) is 0 Å². The molecule has 0 heterocycles. The summed E-state index contributed by atoms with van der Waals surface area (Å²) in [4.78, 5) is 24.4. The van der Waals surface area contributed by atoms with E-state index in [9.17, 15) is 19.8 Å². The summed E-state index contributed by atoms with van der Waals surface area (Å²) >= 11 is 0. The molecule has 0 rings (SSSR count). The maximum absolute atomic E-state index is 12.4. The van der Waals surface area contributed by atoms with Crippen LogP contribution in [0, 0.1) is 0 Å². The van der Waals surface area contributed by atoms with Gasteiger partial charge in [0, 0.05) is 12.8 Å². The predicted octanol–water partition coefficient (Wildman–Crippen LogP) is 16.7. The van der Waals surface area contributed by atoms with Crippen molar-refractivity contribution in [2.45, 2.75) is 309 Å². The fraction of sp³-hybridized carbons (Fsp3) is 0.893. The van der Waals surface area contributed by atoms with E-state index >= 15 is 0 Å². The highest BCUT2D eigenvalue weighted by Gasteiger charge is 2.18. The number of unbranched alkanes of at least 4 members (excludes halogenated alkanes) is 38. The number of rotatable bonds is 51. The highest BCUT2D eigenvalue weighted by atomic mass is 16.5. The molecule has 0 aromatic heterocycles. The van der Waals surface area contributed by atoms with Crippen LogP contribution >= 0.6 is 0 Å². The Bertz CT molecular complexity index is 966. The molecule has 6 nitrogen and oxygen atoms in total. The van der Waals surface area contributed by atoms with Gasteiger partial charge < -0.3 is 20.3 Å². The van der Waals surface area contributed by atoms with E-state index in [1.165, 1.54) is 225 Å². The average molecular weight is 874 g/mol. The lowest BCUT2D eigenvalue weighted by molar-refractivity contribution is -0.143. The van der Waals surface area contributed by atoms with E-state index in [1.807, 2.05) is 6.08 Å². The molecule has 3 N–H and O–H groups in total. The van der Waals surface area contributed by atoms with Crippen LogP contribution in [-0.2, 0) is 14.3 Å². The van der Waals surface area contributed by atoms with Gasteiger partial charge in [-0.3, -0.25) is 9.59 Å². The van der Waals surface area contributed by atoms with Crippen LogP contribution in [0.2, 0.25) is 0 Å². The lowest BCUT2D eigenvalue weighted by Gasteiger charge is -2.20. The first-order chi connectivity index (χ1) is 30.5. The van der Waals surface area contributed by atoms with Gasteiger partial charge in [-0.25, -0.2) is 0 Å². The maximum atomic E-state index is 12.4. The molecule has 0 fully saturated rings. The standard InChI is InChI=1S/C56H107NO5/c1-3-5-7-9-11-13-15-16-27-30-34-38-42-46-50-56(61)62-51-47-43-39-35-31-28-25-23-21-19-17-18-20-22-24-26-29-33-37-41-45-49-55(60)57-53(52-58)54(59)48-44-40-36-32-14-12-10-8-6-4-2/h15-16,44,48,53-54,58-59H,3-14,17-43,45-47,49-52H2,1-2H3,(H,57,60)/b16-15-,48-44+. The van der Waals surface area contributed by atoms with Crippen molar-refractivity contribution in [2.24, 2.45) is 0 Å². The number of allylic oxidation sites excluding steroid dienone is 3. The van der Waals surface area contributed by atoms with Crippen LogP contribution in [0.25, 0.3) is 0 Å². The van der Waals surface area contributed by atoms with Gasteiger partial charge in [-0.1, -0.05) is 250 Å². The van der Waals surface area contributed by atoms with Crippen LogP contribution in [0.15, 0.2) is 24.3 Å². The molecule has 62 heavy (non-hydrogen) atoms. The third kappa shape index (κ3) is 47.8. The minimum Gasteiger partial charge on any atom is -0.466 e. The topological polar surface area (TPSA) is 95.9 Å². The van der Waals surface area contributed by atoms with Gasteiger partial charge in [0.05, 0.1) is 25.4 Å². The Balaban J connectivity index is 3.38. The minimum absolute atomic E-state index is 0.00254. The summed E-state index contributed by atoms with van der Waals surface area (Å²) in [6, 6.07) is -0.626. The van der Waals surface area contributed by atoms with Crippen molar-refractivity contribution < 1.29 is 24.5 Å². The summed E-state index contributed by atoms with van der Waals surface area (Å²) in [5, 5.41) is 23.0. The van der Waals surface area contributed by atoms with Crippen LogP contribution in [0.5, 0.6) is 0 Å². The number of hydrogen-bond donors (Lipinski definition) is 3. The third-order valence-electron chi connectivity index (χ3n) is 12.7. The molecule has 0 aliphatic carbocycles. The molecule has 0 radical (unpaired) electrons. The second-order valence-electron chi connectivity index (χ2n) is 18.9. The van der Waals surface area contributed by atoms with Crippen molar-refractivity contribution in [1.29, 1.82) is 0 Å². The Kier molecular flexibility index (Phi) is 50.6. The summed E-state index contributed by atoms with van der Waals surface area (Å²) in [6.07, 6.45) is 62.0. The SMILES string of the molecule is CCCCCCC/C=C\CCCCCCCC(=O)OCCCCCCCCCCCCCCCCCCCCCCCC(=O)NC(CO)C(O)/C=C/CCCCCCCCCC. The first kappa shape index (κ1) is 60.3. The van der Waals surface area contributed by atoms with Crippen molar-refractivity contribution in [1.82, 2.24) is 5.32 Å². The van der Waals surface area contributed by atoms with E-state index in [1.54, 1.807) is 6.08 Å². The number of carbonyl (C=O) groups excluding carboxylic acids is 2. The average Bonchev–Trinajstić information content (AvgIpc) is 3.27. The number of carbonyl (C=O) groups is 2. The van der Waals surface area contributed by atoms with E-state index in [4.69, 9.17) is 4.74 Å². The van der Waals surface area contributed by atoms with Gasteiger partial charge in [-0.2, -0.15) is 0 Å². The van der Waals surface area contributed by atoms with E-state index in [-0.39, 0.29) is 18.5 Å². The molecule has 0 saturated heterocycles. The number of esters is 1. The molecule has 0 aromatic carbocycles. The predicted molar refractivity (Wildman–Crippen MR) is 269 cm³/mol. The van der Waals surface area contributed by atoms with Crippen LogP contribution < -0.4 is 5.32 Å². The van der Waals surface area contributed by atoms with E-state index in [2.05, 4.69) is 31.3 Å². The molecule has 0 aliphatic heterocycles. The summed E-state index contributed by atoms with van der Waals surface area (Å²) in [7, 11) is 0. The monoisotopic (exact) mass is 874 g/mol. The second-order valence-corrected chi connectivity index (χ2v) is 18.9. The Labute approximate surface area is 386 Å². The van der Waals surface area contributed by atoms with Gasteiger partial charge in [0.1, 0.15) is 0 Å². The third-order valence-corrected chi connectivity index (χ3v) is 12.7. The molecule has 0 bridgehead atoms. The molecule has 0 aliphatic rings. The zero-order valence-corrected chi connectivity index (χ0v) is 41.6.